The van der Waals surface area contributed by atoms with Crippen LogP contribution in [0.15, 0.2) is 83.8 Å². The molecule has 8 heteroatoms. The van der Waals surface area contributed by atoms with Crippen LogP contribution >= 0.6 is 0 Å². The quantitative estimate of drug-likeness (QED) is 0.427. The summed E-state index contributed by atoms with van der Waals surface area (Å²) in [6.45, 7) is 8.91. The zero-order valence-electron chi connectivity index (χ0n) is 22.0. The molecule has 0 radical (unpaired) electrons. The number of aryl methyl sites for hydroxylation is 2. The van der Waals surface area contributed by atoms with Crippen LogP contribution in [0, 0.1) is 13.8 Å². The van der Waals surface area contributed by atoms with Gasteiger partial charge in [-0.05, 0) is 70.0 Å². The molecule has 3 aromatic rings. The van der Waals surface area contributed by atoms with Gasteiger partial charge in [-0.25, -0.2) is 8.42 Å². The van der Waals surface area contributed by atoms with E-state index in [9.17, 15) is 18.0 Å². The Morgan fingerprint density at radius 1 is 0.838 bits per heavy atom. The predicted octanol–water partition coefficient (Wildman–Crippen LogP) is 4.44. The minimum Gasteiger partial charge on any atom is -0.352 e. The van der Waals surface area contributed by atoms with Gasteiger partial charge >= 0.3 is 0 Å². The number of rotatable bonds is 10. The molecule has 0 aliphatic heterocycles. The molecular formula is C29H35N3O4S. The second-order valence-electron chi connectivity index (χ2n) is 9.51. The van der Waals surface area contributed by atoms with E-state index in [2.05, 4.69) is 5.32 Å². The lowest BCUT2D eigenvalue weighted by atomic mass is 10.1. The zero-order chi connectivity index (χ0) is 27.2. The first-order valence-corrected chi connectivity index (χ1v) is 13.7. The van der Waals surface area contributed by atoms with Crippen LogP contribution < -0.4 is 9.62 Å². The summed E-state index contributed by atoms with van der Waals surface area (Å²) in [5.74, 6) is -0.781. The Morgan fingerprint density at radius 2 is 1.49 bits per heavy atom. The van der Waals surface area contributed by atoms with E-state index >= 15 is 0 Å². The maximum Gasteiger partial charge on any atom is 0.264 e. The van der Waals surface area contributed by atoms with Crippen molar-refractivity contribution in [2.45, 2.75) is 58.1 Å². The molecule has 0 aliphatic carbocycles. The highest BCUT2D eigenvalue weighted by atomic mass is 32.2. The van der Waals surface area contributed by atoms with Crippen LogP contribution in [0.3, 0.4) is 0 Å². The normalized spacial score (nSPS) is 12.2. The Morgan fingerprint density at radius 3 is 2.08 bits per heavy atom. The van der Waals surface area contributed by atoms with Gasteiger partial charge in [-0.1, -0.05) is 60.2 Å². The minimum atomic E-state index is -4.06. The molecule has 0 spiro atoms. The monoisotopic (exact) mass is 521 g/mol. The van der Waals surface area contributed by atoms with E-state index in [1.54, 1.807) is 43.3 Å². The summed E-state index contributed by atoms with van der Waals surface area (Å²) in [4.78, 5) is 28.3. The van der Waals surface area contributed by atoms with Crippen LogP contribution in [-0.4, -0.2) is 43.8 Å². The average Bonchev–Trinajstić information content (AvgIpc) is 2.86. The fourth-order valence-corrected chi connectivity index (χ4v) is 5.34. The smallest absolute Gasteiger partial charge is 0.264 e. The number of hydrogen-bond acceptors (Lipinski definition) is 4. The molecule has 196 valence electrons. The third-order valence-electron chi connectivity index (χ3n) is 5.97. The molecule has 3 aromatic carbocycles. The fourth-order valence-electron chi connectivity index (χ4n) is 3.91. The van der Waals surface area contributed by atoms with Crippen molar-refractivity contribution in [2.75, 3.05) is 10.8 Å². The number of nitrogens with zero attached hydrogens (tertiary/aromatic N) is 2. The number of nitrogens with one attached hydrogen (secondary N) is 1. The van der Waals surface area contributed by atoms with Crippen LogP contribution in [0.4, 0.5) is 5.69 Å². The van der Waals surface area contributed by atoms with Crippen LogP contribution in [0.5, 0.6) is 0 Å². The van der Waals surface area contributed by atoms with E-state index in [1.807, 2.05) is 58.0 Å². The standard InChI is InChI=1S/C29H35N3O4S/c1-21(2)30-29(34)24(5)31(19-25-16-14-22(3)15-17-25)28(33)20-32(26-11-9-10-23(4)18-26)37(35,36)27-12-7-6-8-13-27/h6-18,21,24H,19-20H2,1-5H3,(H,30,34)/t24-/m0/s1. The highest BCUT2D eigenvalue weighted by Crippen LogP contribution is 2.25. The van der Waals surface area contributed by atoms with Gasteiger partial charge in [-0.2, -0.15) is 0 Å². The van der Waals surface area contributed by atoms with Gasteiger partial charge in [0.2, 0.25) is 11.8 Å². The molecule has 1 atom stereocenters. The van der Waals surface area contributed by atoms with E-state index in [-0.39, 0.29) is 23.4 Å². The first kappa shape index (κ1) is 27.9. The number of hydrogen-bond donors (Lipinski definition) is 1. The van der Waals surface area contributed by atoms with E-state index < -0.39 is 28.5 Å². The number of anilines is 1. The van der Waals surface area contributed by atoms with E-state index in [0.717, 1.165) is 21.0 Å². The third kappa shape index (κ3) is 7.20. The van der Waals surface area contributed by atoms with Crippen molar-refractivity contribution in [3.8, 4) is 0 Å². The number of carbonyl (C=O) groups excluding carboxylic acids is 2. The van der Waals surface area contributed by atoms with Crippen molar-refractivity contribution in [3.05, 3.63) is 95.6 Å². The zero-order valence-corrected chi connectivity index (χ0v) is 22.8. The average molecular weight is 522 g/mol. The van der Waals surface area contributed by atoms with Crippen molar-refractivity contribution in [2.24, 2.45) is 0 Å². The van der Waals surface area contributed by atoms with E-state index in [0.29, 0.717) is 5.69 Å². The van der Waals surface area contributed by atoms with Gasteiger partial charge in [0.1, 0.15) is 12.6 Å². The molecule has 0 bridgehead atoms. The number of benzene rings is 3. The summed E-state index contributed by atoms with van der Waals surface area (Å²) < 4.78 is 28.6. The van der Waals surface area contributed by atoms with Crippen molar-refractivity contribution in [1.82, 2.24) is 10.2 Å². The number of amides is 2. The molecule has 7 nitrogen and oxygen atoms in total. The molecule has 2 amide bonds. The SMILES string of the molecule is Cc1ccc(CN(C(=O)CN(c2cccc(C)c2)S(=O)(=O)c2ccccc2)[C@@H](C)C(=O)NC(C)C)cc1. The Kier molecular flexibility index (Phi) is 9.10. The lowest BCUT2D eigenvalue weighted by molar-refractivity contribution is -0.139. The van der Waals surface area contributed by atoms with Gasteiger partial charge in [0.05, 0.1) is 10.6 Å². The molecule has 3 rings (SSSR count). The molecule has 37 heavy (non-hydrogen) atoms. The highest BCUT2D eigenvalue weighted by Gasteiger charge is 2.32. The fraction of sp³-hybridized carbons (Fsp3) is 0.310. The first-order chi connectivity index (χ1) is 17.5. The first-order valence-electron chi connectivity index (χ1n) is 12.3. The molecule has 0 fully saturated rings. The van der Waals surface area contributed by atoms with Gasteiger partial charge in [-0.15, -0.1) is 0 Å². The van der Waals surface area contributed by atoms with Gasteiger partial charge in [-0.3, -0.25) is 13.9 Å². The molecule has 0 unspecified atom stereocenters. The summed E-state index contributed by atoms with van der Waals surface area (Å²) in [6.07, 6.45) is 0. The van der Waals surface area contributed by atoms with Crippen LogP contribution in [0.2, 0.25) is 0 Å². The van der Waals surface area contributed by atoms with Crippen LogP contribution in [-0.2, 0) is 26.2 Å². The number of sulfonamides is 1. The molecule has 0 heterocycles. The van der Waals surface area contributed by atoms with E-state index in [4.69, 9.17) is 0 Å². The van der Waals surface area contributed by atoms with Gasteiger partial charge in [0.25, 0.3) is 10.0 Å². The lowest BCUT2D eigenvalue weighted by Gasteiger charge is -2.32. The summed E-state index contributed by atoms with van der Waals surface area (Å²) in [5, 5.41) is 2.86. The maximum atomic E-state index is 13.8. The van der Waals surface area contributed by atoms with Crippen LogP contribution in [0.1, 0.15) is 37.5 Å². The molecule has 0 saturated carbocycles. The second-order valence-corrected chi connectivity index (χ2v) is 11.4. The minimum absolute atomic E-state index is 0.0833. The molecular weight excluding hydrogens is 486 g/mol. The maximum absolute atomic E-state index is 13.8. The second kappa shape index (κ2) is 12.1. The summed E-state index contributed by atoms with van der Waals surface area (Å²) in [5.41, 5.74) is 3.16. The Labute approximate surface area is 220 Å². The predicted molar refractivity (Wildman–Crippen MR) is 147 cm³/mol. The Hall–Kier alpha value is -3.65. The largest absolute Gasteiger partial charge is 0.352 e. The molecule has 0 saturated heterocycles. The highest BCUT2D eigenvalue weighted by molar-refractivity contribution is 7.92. The van der Waals surface area contributed by atoms with Crippen LogP contribution in [0.25, 0.3) is 0 Å². The van der Waals surface area contributed by atoms with Crippen molar-refractivity contribution in [3.63, 3.8) is 0 Å². The summed E-state index contributed by atoms with van der Waals surface area (Å²) >= 11 is 0. The number of carbonyl (C=O) groups is 2. The van der Waals surface area contributed by atoms with Gasteiger partial charge in [0.15, 0.2) is 0 Å². The summed E-state index contributed by atoms with van der Waals surface area (Å²) in [7, 11) is -4.06. The molecule has 0 aromatic heterocycles. The lowest BCUT2D eigenvalue weighted by Crippen LogP contribution is -2.52. The van der Waals surface area contributed by atoms with E-state index in [1.165, 1.54) is 17.0 Å². The molecule has 0 aliphatic rings. The van der Waals surface area contributed by atoms with Crippen molar-refractivity contribution in [1.29, 1.82) is 0 Å². The van der Waals surface area contributed by atoms with Gasteiger partial charge < -0.3 is 10.2 Å². The topological polar surface area (TPSA) is 86.8 Å². The third-order valence-corrected chi connectivity index (χ3v) is 7.76. The van der Waals surface area contributed by atoms with Crippen molar-refractivity contribution < 1.29 is 18.0 Å². The Bertz CT molecular complexity index is 1320. The Balaban J connectivity index is 2.01. The van der Waals surface area contributed by atoms with Gasteiger partial charge in [0, 0.05) is 12.6 Å². The molecule has 1 N–H and O–H groups in total. The summed E-state index contributed by atoms with van der Waals surface area (Å²) in [6, 6.07) is 21.8. The van der Waals surface area contributed by atoms with Crippen molar-refractivity contribution >= 4 is 27.5 Å².